The minimum atomic E-state index is 0.625. The first kappa shape index (κ1) is 22.7. The summed E-state index contributed by atoms with van der Waals surface area (Å²) in [4.78, 5) is 0. The van der Waals surface area contributed by atoms with Crippen LogP contribution in [-0.4, -0.2) is 0 Å². The third-order valence-corrected chi connectivity index (χ3v) is 5.52. The van der Waals surface area contributed by atoms with Crippen LogP contribution in [0.15, 0.2) is 54.2 Å². The number of benzene rings is 1. The van der Waals surface area contributed by atoms with Crippen LogP contribution in [0, 0.1) is 5.92 Å². The van der Waals surface area contributed by atoms with E-state index in [1.807, 2.05) is 0 Å². The summed E-state index contributed by atoms with van der Waals surface area (Å²) in [7, 11) is 2.92. The summed E-state index contributed by atoms with van der Waals surface area (Å²) in [5.41, 5.74) is 7.96. The Hall–Kier alpha value is -1.39. The van der Waals surface area contributed by atoms with E-state index in [1.54, 1.807) is 0 Å². The van der Waals surface area contributed by atoms with E-state index in [1.165, 1.54) is 52.4 Å². The van der Waals surface area contributed by atoms with E-state index < -0.39 is 0 Å². The Balaban J connectivity index is 3.48. The molecule has 142 valence electrons. The molecule has 0 saturated heterocycles. The number of allylic oxidation sites excluding steroid dienone is 7. The minimum absolute atomic E-state index is 0.625. The molecule has 0 aromatic heterocycles. The Labute approximate surface area is 164 Å². The minimum Gasteiger partial charge on any atom is -0.105 e. The summed E-state index contributed by atoms with van der Waals surface area (Å²) in [6.45, 7) is 17.3. The van der Waals surface area contributed by atoms with Gasteiger partial charge >= 0.3 is 0 Å². The molecule has 0 amide bonds. The average molecular weight is 369 g/mol. The van der Waals surface area contributed by atoms with E-state index in [2.05, 4.69) is 93.8 Å². The molecule has 0 N–H and O–H groups in total. The highest BCUT2D eigenvalue weighted by atomic mass is 31.0. The highest BCUT2D eigenvalue weighted by molar-refractivity contribution is 7.27. The third-order valence-electron chi connectivity index (χ3n) is 5.04. The van der Waals surface area contributed by atoms with E-state index in [9.17, 15) is 0 Å². The van der Waals surface area contributed by atoms with Gasteiger partial charge in [-0.3, -0.25) is 0 Å². The van der Waals surface area contributed by atoms with Crippen LogP contribution >= 0.6 is 9.24 Å². The van der Waals surface area contributed by atoms with E-state index >= 15 is 0 Å². The highest BCUT2D eigenvalue weighted by Crippen LogP contribution is 2.30. The molecule has 0 bridgehead atoms. The van der Waals surface area contributed by atoms with Gasteiger partial charge in [-0.15, -0.1) is 9.24 Å². The van der Waals surface area contributed by atoms with Crippen LogP contribution in [0.4, 0.5) is 0 Å². The first-order valence-corrected chi connectivity index (χ1v) is 10.6. The summed E-state index contributed by atoms with van der Waals surface area (Å²) < 4.78 is 0. The molecular weight excluding hydrogens is 331 g/mol. The SMILES string of the molecule is C=C(C)c1ccc(/C(=C/C(=C(C)/C=C\C)C(CC)CCC)CC)c(P)c1. The first-order chi connectivity index (χ1) is 12.4. The van der Waals surface area contributed by atoms with E-state index in [0.29, 0.717) is 5.92 Å². The van der Waals surface area contributed by atoms with E-state index in [-0.39, 0.29) is 0 Å². The Bertz CT molecular complexity index is 701. The zero-order chi connectivity index (χ0) is 19.7. The van der Waals surface area contributed by atoms with Crippen molar-refractivity contribution in [1.29, 1.82) is 0 Å². The first-order valence-electron chi connectivity index (χ1n) is 9.99. The molecule has 0 aliphatic rings. The Kier molecular flexibility index (Phi) is 9.89. The summed E-state index contributed by atoms with van der Waals surface area (Å²) >= 11 is 0. The van der Waals surface area contributed by atoms with Crippen LogP contribution in [0.3, 0.4) is 0 Å². The molecule has 1 aromatic rings. The highest BCUT2D eigenvalue weighted by Gasteiger charge is 2.14. The van der Waals surface area contributed by atoms with Gasteiger partial charge in [0.1, 0.15) is 0 Å². The smallest absolute Gasteiger partial charge is 0.0152 e. The fraction of sp³-hybridized carbons (Fsp3) is 0.440. The molecule has 0 aliphatic carbocycles. The maximum absolute atomic E-state index is 4.07. The van der Waals surface area contributed by atoms with Gasteiger partial charge in [0.15, 0.2) is 0 Å². The zero-order valence-corrected chi connectivity index (χ0v) is 18.8. The molecule has 0 nitrogen and oxygen atoms in total. The van der Waals surface area contributed by atoms with Gasteiger partial charge in [-0.2, -0.15) is 0 Å². The lowest BCUT2D eigenvalue weighted by atomic mass is 9.85. The lowest BCUT2D eigenvalue weighted by Gasteiger charge is -2.20. The van der Waals surface area contributed by atoms with Gasteiger partial charge in [0.05, 0.1) is 0 Å². The van der Waals surface area contributed by atoms with Crippen LogP contribution in [0.1, 0.15) is 78.4 Å². The molecule has 0 saturated carbocycles. The summed E-state index contributed by atoms with van der Waals surface area (Å²) in [5, 5.41) is 1.25. The molecule has 0 heterocycles. The molecule has 0 aliphatic heterocycles. The molecule has 2 unspecified atom stereocenters. The second-order valence-corrected chi connectivity index (χ2v) is 7.76. The fourth-order valence-corrected chi connectivity index (χ4v) is 3.97. The molecule has 0 radical (unpaired) electrons. The predicted octanol–water partition coefficient (Wildman–Crippen LogP) is 7.73. The second kappa shape index (κ2) is 11.3. The lowest BCUT2D eigenvalue weighted by Crippen LogP contribution is -2.06. The van der Waals surface area contributed by atoms with Gasteiger partial charge in [-0.25, -0.2) is 0 Å². The molecule has 1 heteroatoms. The fourth-order valence-electron chi connectivity index (χ4n) is 3.51. The quantitative estimate of drug-likeness (QED) is 0.309. The lowest BCUT2D eigenvalue weighted by molar-refractivity contribution is 0.541. The largest absolute Gasteiger partial charge is 0.105 e. The molecule has 2 atom stereocenters. The normalized spacial score (nSPS) is 14.5. The van der Waals surface area contributed by atoms with Crippen LogP contribution in [0.25, 0.3) is 11.1 Å². The van der Waals surface area contributed by atoms with Gasteiger partial charge < -0.3 is 0 Å². The van der Waals surface area contributed by atoms with Crippen LogP contribution < -0.4 is 5.30 Å². The molecular formula is C25H37P. The van der Waals surface area contributed by atoms with Crippen molar-refractivity contribution in [3.8, 4) is 0 Å². The topological polar surface area (TPSA) is 0 Å². The Morgan fingerprint density at radius 3 is 2.35 bits per heavy atom. The number of hydrogen-bond donors (Lipinski definition) is 0. The third kappa shape index (κ3) is 6.10. The average Bonchev–Trinajstić information content (AvgIpc) is 2.61. The molecule has 1 aromatic carbocycles. The van der Waals surface area contributed by atoms with Crippen molar-refractivity contribution in [3.63, 3.8) is 0 Å². The molecule has 26 heavy (non-hydrogen) atoms. The number of rotatable bonds is 9. The van der Waals surface area contributed by atoms with Crippen LogP contribution in [0.2, 0.25) is 0 Å². The number of hydrogen-bond acceptors (Lipinski definition) is 0. The predicted molar refractivity (Wildman–Crippen MR) is 125 cm³/mol. The summed E-state index contributed by atoms with van der Waals surface area (Å²) in [6, 6.07) is 6.68. The van der Waals surface area contributed by atoms with Crippen molar-refractivity contribution in [2.45, 2.75) is 67.2 Å². The van der Waals surface area contributed by atoms with Gasteiger partial charge in [-0.1, -0.05) is 69.7 Å². The summed E-state index contributed by atoms with van der Waals surface area (Å²) in [6.07, 6.45) is 11.6. The van der Waals surface area contributed by atoms with Crippen LogP contribution in [0.5, 0.6) is 0 Å². The van der Waals surface area contributed by atoms with Crippen molar-refractivity contribution < 1.29 is 0 Å². The molecule has 0 spiro atoms. The Morgan fingerprint density at radius 2 is 1.88 bits per heavy atom. The zero-order valence-electron chi connectivity index (χ0n) is 17.7. The van der Waals surface area contributed by atoms with Crippen LogP contribution in [-0.2, 0) is 0 Å². The van der Waals surface area contributed by atoms with E-state index in [4.69, 9.17) is 0 Å². The summed E-state index contributed by atoms with van der Waals surface area (Å²) in [5.74, 6) is 0.625. The van der Waals surface area contributed by atoms with Crippen molar-refractivity contribution in [2.75, 3.05) is 0 Å². The van der Waals surface area contributed by atoms with Gasteiger partial charge in [0, 0.05) is 0 Å². The van der Waals surface area contributed by atoms with Crippen molar-refractivity contribution in [2.24, 2.45) is 5.92 Å². The van der Waals surface area contributed by atoms with Gasteiger partial charge in [-0.05, 0) is 85.2 Å². The molecule has 1 rings (SSSR count). The molecule has 0 fully saturated rings. The van der Waals surface area contributed by atoms with Crippen molar-refractivity contribution in [3.05, 3.63) is 65.3 Å². The maximum Gasteiger partial charge on any atom is -0.0152 e. The van der Waals surface area contributed by atoms with Crippen molar-refractivity contribution >= 4 is 25.7 Å². The van der Waals surface area contributed by atoms with Gasteiger partial charge in [0.25, 0.3) is 0 Å². The van der Waals surface area contributed by atoms with E-state index in [0.717, 1.165) is 12.0 Å². The van der Waals surface area contributed by atoms with Crippen molar-refractivity contribution in [1.82, 2.24) is 0 Å². The second-order valence-electron chi connectivity index (χ2n) is 7.14. The standard InChI is InChI=1S/C25H37P/c1-8-12-19(7)24(20(10-3)13-9-2)16-21(11-4)23-15-14-22(18(5)6)17-25(23)26/h8,12,14-17,20H,5,9-11,13,26H2,1-4,6-7H3/b12-8-,21-16+,24-19-. The van der Waals surface area contributed by atoms with Gasteiger partial charge in [0.2, 0.25) is 0 Å². The maximum atomic E-state index is 4.07. The monoisotopic (exact) mass is 368 g/mol. The Morgan fingerprint density at radius 1 is 1.19 bits per heavy atom.